The number of nitrogens with one attached hydrogen (secondary N) is 4. The number of nitrogens with zero attached hydrogens (tertiary/aromatic N) is 10. The third-order valence-electron chi connectivity index (χ3n) is 19.8. The minimum absolute atomic E-state index is 0.000208. The molecular formula is C102H150N14O8P4S4. The van der Waals surface area contributed by atoms with Crippen LogP contribution < -0.4 is 63.7 Å². The van der Waals surface area contributed by atoms with E-state index in [0.29, 0.717) is 22.0 Å². The van der Waals surface area contributed by atoms with Crippen molar-refractivity contribution in [2.45, 2.75) is 92.6 Å². The molecule has 0 spiro atoms. The fraction of sp³-hybridized carbons (Fsp3) is 0.451. The summed E-state index contributed by atoms with van der Waals surface area (Å²) in [7, 11) is 38.8. The van der Waals surface area contributed by atoms with E-state index in [0.717, 1.165) is 91.1 Å². The van der Waals surface area contributed by atoms with Crippen molar-refractivity contribution in [3.05, 3.63) is 238 Å². The molecule has 0 bridgehead atoms. The quantitative estimate of drug-likeness (QED) is 0.0261. The molecule has 0 saturated heterocycles. The summed E-state index contributed by atoms with van der Waals surface area (Å²) in [6, 6.07) is 66.6. The van der Waals surface area contributed by atoms with Crippen LogP contribution in [0.1, 0.15) is 83.3 Å². The Morgan fingerprint density at radius 2 is 0.417 bits per heavy atom. The molecule has 0 atom stereocenters. The van der Waals surface area contributed by atoms with Crippen LogP contribution >= 0.6 is 78.7 Å². The number of hydrogen-bond donors (Lipinski definition) is 4. The van der Waals surface area contributed by atoms with Gasteiger partial charge in [0.05, 0.1) is 26.2 Å². The van der Waals surface area contributed by atoms with E-state index in [1.165, 1.54) is 173 Å². The lowest BCUT2D eigenvalue weighted by atomic mass is 10.1. The predicted molar refractivity (Wildman–Crippen MR) is 574 cm³/mol. The van der Waals surface area contributed by atoms with Crippen molar-refractivity contribution in [2.24, 2.45) is 0 Å². The lowest BCUT2D eigenvalue weighted by Crippen LogP contribution is -2.26. The van der Waals surface area contributed by atoms with Gasteiger partial charge in [-0.05, 0) is 333 Å². The lowest BCUT2D eigenvalue weighted by Gasteiger charge is -2.24. The Morgan fingerprint density at radius 3 is 0.644 bits per heavy atom. The van der Waals surface area contributed by atoms with Crippen molar-refractivity contribution in [1.29, 1.82) is 0 Å². The number of amides is 4. The standard InChI is InChI=1S/C29H46N5O2PS.2C25H36N3O2PS.C23H32N3O2PS/c1-22(35)30-16-29(36)38-21-37(27-12-23(17-31(2)3)10-24(13-27)18-32(4)5)28-14-25(19-33(6)7)11-26(15-28)20-34(8)9;1-20(29)26-18-25(30)32-19-31(23-10-6-21(7-11-23)14-16-27(2)3)24-12-8-22(9-13-24)15-17-28(4)5;1-20(29)26-18-25(30)32-19-31(23-10-6-8-21(16-23)12-14-27(2)3)24-11-7-9-22(17-24)13-15-28(4)5;1-18(27)24-14-23(28)30-17-29(21-10-6-8-19(12-21)15-25(2)3)22-11-7-9-20(13-22)16-26(4)5/h10-15H,16-21H2,1-9H3,(H,30,35);6-13H,14-19H2,1-5H3,(H,26,29);6-11,16-17H,12-15,18-19H2,1-5H3,(H,26,29);6-13H,14-17H2,1-5H3,(H,24,27). The average Bonchev–Trinajstić information content (AvgIpc) is 0.744. The second-order valence-corrected chi connectivity index (χ2v) is 50.3. The number of likely N-dealkylation sites (N-methyl/N-ethyl adjacent to an activating group) is 4. The third-order valence-corrected chi connectivity index (χ3v) is 35.1. The third kappa shape index (κ3) is 49.2. The maximum Gasteiger partial charge on any atom is 0.217 e. The highest BCUT2D eigenvalue weighted by atomic mass is 32.2. The van der Waals surface area contributed by atoms with Gasteiger partial charge in [0.25, 0.3) is 0 Å². The summed E-state index contributed by atoms with van der Waals surface area (Å²) in [6.45, 7) is 15.3. The SMILES string of the molecule is CC(=O)NCC(=O)SCP(c1cc(CN(C)C)cc(CN(C)C)c1)c1cc(CN(C)C)cc(CN(C)C)c1.CC(=O)NCC(=O)SCP(c1ccc(CCN(C)C)cc1)c1ccc(CCN(C)C)cc1.CC(=O)NCC(=O)SCP(c1cccc(CCN(C)C)c1)c1cccc(CCN(C)C)c1.CC(=O)NCC(=O)SCP(c1cccc(CN(C)C)c1)c1cccc(CN(C)C)c1. The summed E-state index contributed by atoms with van der Waals surface area (Å²) in [5, 5.41) is 20.7. The van der Waals surface area contributed by atoms with Gasteiger partial charge in [-0.1, -0.05) is 193 Å². The monoisotopic (exact) mass is 1950 g/mol. The Labute approximate surface area is 813 Å². The van der Waals surface area contributed by atoms with Gasteiger partial charge in [-0.2, -0.15) is 0 Å². The first-order valence-electron chi connectivity index (χ1n) is 44.5. The van der Waals surface area contributed by atoms with E-state index in [4.69, 9.17) is 0 Å². The second-order valence-electron chi connectivity index (χ2n) is 35.6. The number of carbonyl (C=O) groups excluding carboxylic acids is 8. The topological polar surface area (TPSA) is 217 Å². The number of thioether (sulfide) groups is 4. The fourth-order valence-corrected chi connectivity index (χ4v) is 29.3. The first kappa shape index (κ1) is 116. The normalized spacial score (nSPS) is 11.5. The number of carbonyl (C=O) groups is 8. The summed E-state index contributed by atoms with van der Waals surface area (Å²) in [4.78, 5) is 116. The Bertz CT molecular complexity index is 4590. The van der Waals surface area contributed by atoms with Crippen LogP contribution in [0.25, 0.3) is 0 Å². The highest BCUT2D eigenvalue weighted by Gasteiger charge is 2.25. The second kappa shape index (κ2) is 62.7. The molecule has 8 aromatic carbocycles. The molecule has 4 amide bonds. The smallest absolute Gasteiger partial charge is 0.217 e. The van der Waals surface area contributed by atoms with Gasteiger partial charge in [-0.15, -0.1) is 0 Å². The molecule has 4 N–H and O–H groups in total. The number of hydrogen-bond acceptors (Lipinski definition) is 22. The van der Waals surface area contributed by atoms with Crippen LogP contribution in [-0.2, 0) is 103 Å². The summed E-state index contributed by atoms with van der Waals surface area (Å²) in [6.07, 6.45) is 4.05. The molecule has 0 aliphatic rings. The molecule has 132 heavy (non-hydrogen) atoms. The van der Waals surface area contributed by atoms with E-state index in [2.05, 4.69) is 393 Å². The number of rotatable bonds is 48. The minimum atomic E-state index is -0.819. The molecule has 30 heteroatoms. The van der Waals surface area contributed by atoms with Crippen LogP contribution in [0.3, 0.4) is 0 Å². The van der Waals surface area contributed by atoms with E-state index in [-0.39, 0.29) is 70.3 Å². The molecule has 0 aliphatic carbocycles. The van der Waals surface area contributed by atoms with Crippen molar-refractivity contribution in [3.63, 3.8) is 0 Å². The lowest BCUT2D eigenvalue weighted by molar-refractivity contribution is -0.121. The molecule has 0 aliphatic heterocycles. The van der Waals surface area contributed by atoms with Gasteiger partial charge in [-0.25, -0.2) is 0 Å². The van der Waals surface area contributed by atoms with Crippen molar-refractivity contribution in [3.8, 4) is 0 Å². The van der Waals surface area contributed by atoms with E-state index < -0.39 is 31.7 Å². The van der Waals surface area contributed by atoms with Gasteiger partial charge in [0, 0.05) is 115 Å². The molecule has 0 heterocycles. The fourth-order valence-electron chi connectivity index (χ4n) is 13.6. The van der Waals surface area contributed by atoms with Crippen LogP contribution in [-0.4, -0.2) is 308 Å². The summed E-state index contributed by atoms with van der Waals surface area (Å²) >= 11 is 5.28. The van der Waals surface area contributed by atoms with Crippen LogP contribution in [0, 0.1) is 0 Å². The van der Waals surface area contributed by atoms with Gasteiger partial charge in [0.1, 0.15) is 0 Å². The van der Waals surface area contributed by atoms with Crippen LogP contribution in [0.2, 0.25) is 0 Å². The first-order valence-corrected chi connectivity index (χ1v) is 54.6. The zero-order valence-corrected chi connectivity index (χ0v) is 89.9. The molecule has 22 nitrogen and oxygen atoms in total. The first-order chi connectivity index (χ1) is 62.5. The van der Waals surface area contributed by atoms with Gasteiger partial charge >= 0.3 is 0 Å². The maximum atomic E-state index is 12.7. The average molecular weight is 1950 g/mol. The zero-order chi connectivity index (χ0) is 97.5. The summed E-state index contributed by atoms with van der Waals surface area (Å²) in [5.41, 5.74) is 15.7. The maximum absolute atomic E-state index is 12.7. The summed E-state index contributed by atoms with van der Waals surface area (Å²) < 4.78 is 0. The highest BCUT2D eigenvalue weighted by Crippen LogP contribution is 2.43. The predicted octanol–water partition coefficient (Wildman–Crippen LogP) is 10.7. The largest absolute Gasteiger partial charge is 0.348 e. The van der Waals surface area contributed by atoms with Gasteiger partial charge in [0.2, 0.25) is 44.1 Å². The molecule has 0 fully saturated rings. The van der Waals surface area contributed by atoms with E-state index in [1.54, 1.807) is 0 Å². The van der Waals surface area contributed by atoms with Crippen molar-refractivity contribution < 1.29 is 38.4 Å². The number of benzene rings is 8. The summed E-state index contributed by atoms with van der Waals surface area (Å²) in [5.74, 6) is -0.721. The van der Waals surface area contributed by atoms with Crippen LogP contribution in [0.4, 0.5) is 0 Å². The minimum Gasteiger partial charge on any atom is -0.348 e. The van der Waals surface area contributed by atoms with Gasteiger partial charge < -0.3 is 70.3 Å². The molecular weight excluding hydrogens is 1800 g/mol. The van der Waals surface area contributed by atoms with Crippen LogP contribution in [0.5, 0.6) is 0 Å². The molecule has 0 radical (unpaired) electrons. The Hall–Kier alpha value is -6.96. The highest BCUT2D eigenvalue weighted by molar-refractivity contribution is 8.19. The zero-order valence-electron chi connectivity index (χ0n) is 83.0. The van der Waals surface area contributed by atoms with Gasteiger partial charge in [-0.3, -0.25) is 38.4 Å². The van der Waals surface area contributed by atoms with Crippen molar-refractivity contribution in [1.82, 2.24) is 70.3 Å². The molecule has 0 saturated carbocycles. The molecule has 0 unspecified atom stereocenters. The molecule has 8 rings (SSSR count). The Kier molecular flexibility index (Phi) is 54.9. The van der Waals surface area contributed by atoms with Crippen LogP contribution in [0.15, 0.2) is 182 Å². The Balaban J connectivity index is 0.000000313. The molecule has 720 valence electrons. The molecule has 0 aromatic heterocycles. The van der Waals surface area contributed by atoms with E-state index in [1.807, 2.05) is 0 Å². The van der Waals surface area contributed by atoms with Crippen molar-refractivity contribution in [2.75, 3.05) is 215 Å². The van der Waals surface area contributed by atoms with E-state index in [9.17, 15) is 38.4 Å². The van der Waals surface area contributed by atoms with Crippen molar-refractivity contribution >= 4 is 165 Å². The van der Waals surface area contributed by atoms with E-state index >= 15 is 0 Å². The molecule has 8 aromatic rings. The van der Waals surface area contributed by atoms with Gasteiger partial charge in [0.15, 0.2) is 0 Å². The Morgan fingerprint density at radius 1 is 0.220 bits per heavy atom.